The van der Waals surface area contributed by atoms with Crippen molar-refractivity contribution in [3.05, 3.63) is 69.7 Å². The molecule has 1 aliphatic heterocycles. The van der Waals surface area contributed by atoms with Crippen LogP contribution in [0.2, 0.25) is 0 Å². The Hall–Kier alpha value is -2.79. The topological polar surface area (TPSA) is 94.9 Å². The van der Waals surface area contributed by atoms with Crippen molar-refractivity contribution in [1.82, 2.24) is 8.87 Å². The molecule has 0 unspecified atom stereocenters. The lowest BCUT2D eigenvalue weighted by molar-refractivity contribution is 0.0479. The smallest absolute Gasteiger partial charge is 0.348 e. The lowest BCUT2D eigenvalue weighted by Crippen LogP contribution is -2.40. The van der Waals surface area contributed by atoms with Gasteiger partial charge in [0.15, 0.2) is 6.61 Å². The fourth-order valence-electron chi connectivity index (χ4n) is 3.84. The number of aromatic nitrogens is 1. The van der Waals surface area contributed by atoms with Crippen molar-refractivity contribution in [1.29, 1.82) is 0 Å². The number of ketones is 1. The number of carbonyl (C=O) groups is 2. The predicted molar refractivity (Wildman–Crippen MR) is 124 cm³/mol. The highest BCUT2D eigenvalue weighted by Gasteiger charge is 2.27. The molecular formula is C23H24N2O6S2. The predicted octanol–water partition coefficient (Wildman–Crippen LogP) is 3.22. The first-order valence-corrected chi connectivity index (χ1v) is 12.7. The van der Waals surface area contributed by atoms with Crippen LogP contribution in [0.5, 0.6) is 0 Å². The standard InChI is InChI=1S/C23H24N2O6S2/c1-16-13-20(21(26)15-31-23(27)22-7-4-12-32-22)17(2)25(16)18-5-3-6-19(14-18)33(28,29)24-8-10-30-11-9-24/h3-7,12-14H,8-11,15H2,1-2H3. The van der Waals surface area contributed by atoms with E-state index in [1.807, 2.05) is 11.5 Å². The minimum atomic E-state index is -3.65. The molecule has 3 heterocycles. The molecule has 0 amide bonds. The molecule has 2 aromatic heterocycles. The summed E-state index contributed by atoms with van der Waals surface area (Å²) in [6, 6.07) is 11.8. The summed E-state index contributed by atoms with van der Waals surface area (Å²) in [5.74, 6) is -0.857. The molecular weight excluding hydrogens is 464 g/mol. The van der Waals surface area contributed by atoms with Gasteiger partial charge in [0.25, 0.3) is 0 Å². The molecule has 0 bridgehead atoms. The van der Waals surface area contributed by atoms with Crippen LogP contribution < -0.4 is 0 Å². The van der Waals surface area contributed by atoms with Gasteiger partial charge in [-0.3, -0.25) is 4.79 Å². The second kappa shape index (κ2) is 9.60. The Morgan fingerprint density at radius 1 is 1.09 bits per heavy atom. The van der Waals surface area contributed by atoms with Crippen LogP contribution in [0.15, 0.2) is 52.7 Å². The number of nitrogens with zero attached hydrogens (tertiary/aromatic N) is 2. The van der Waals surface area contributed by atoms with E-state index in [2.05, 4.69) is 0 Å². The van der Waals surface area contributed by atoms with Gasteiger partial charge >= 0.3 is 5.97 Å². The molecule has 1 saturated heterocycles. The van der Waals surface area contributed by atoms with Crippen LogP contribution in [0, 0.1) is 13.8 Å². The summed E-state index contributed by atoms with van der Waals surface area (Å²) < 4.78 is 39.8. The van der Waals surface area contributed by atoms with Gasteiger partial charge in [0.2, 0.25) is 15.8 Å². The third-order valence-corrected chi connectivity index (χ3v) is 8.22. The first-order valence-electron chi connectivity index (χ1n) is 10.4. The zero-order valence-electron chi connectivity index (χ0n) is 18.3. The SMILES string of the molecule is Cc1cc(C(=O)COC(=O)c2cccs2)c(C)n1-c1cccc(S(=O)(=O)N2CCOCC2)c1. The zero-order chi connectivity index (χ0) is 23.6. The van der Waals surface area contributed by atoms with Gasteiger partial charge in [-0.05, 0) is 49.6 Å². The molecule has 0 N–H and O–H groups in total. The van der Waals surface area contributed by atoms with Crippen molar-refractivity contribution in [2.45, 2.75) is 18.7 Å². The summed E-state index contributed by atoms with van der Waals surface area (Å²) in [6.45, 7) is 4.63. The van der Waals surface area contributed by atoms with E-state index in [-0.39, 0.29) is 17.3 Å². The third kappa shape index (κ3) is 4.79. The van der Waals surface area contributed by atoms with Crippen molar-refractivity contribution >= 4 is 33.1 Å². The van der Waals surface area contributed by atoms with Crippen LogP contribution >= 0.6 is 11.3 Å². The molecule has 33 heavy (non-hydrogen) atoms. The van der Waals surface area contributed by atoms with Crippen molar-refractivity contribution in [3.8, 4) is 5.69 Å². The van der Waals surface area contributed by atoms with E-state index in [1.54, 1.807) is 54.8 Å². The Bertz CT molecular complexity index is 1270. The van der Waals surface area contributed by atoms with Crippen LogP contribution in [0.25, 0.3) is 5.69 Å². The van der Waals surface area contributed by atoms with Crippen LogP contribution in [-0.4, -0.2) is 62.0 Å². The molecule has 0 saturated carbocycles. The zero-order valence-corrected chi connectivity index (χ0v) is 19.9. The Morgan fingerprint density at radius 2 is 1.85 bits per heavy atom. The van der Waals surface area contributed by atoms with Gasteiger partial charge in [0.1, 0.15) is 4.88 Å². The number of rotatable bonds is 7. The van der Waals surface area contributed by atoms with E-state index in [0.29, 0.717) is 48.1 Å². The minimum absolute atomic E-state index is 0.187. The van der Waals surface area contributed by atoms with Gasteiger partial charge in [-0.25, -0.2) is 13.2 Å². The van der Waals surface area contributed by atoms with Gasteiger partial charge in [-0.15, -0.1) is 11.3 Å². The fourth-order valence-corrected chi connectivity index (χ4v) is 5.90. The van der Waals surface area contributed by atoms with E-state index >= 15 is 0 Å². The normalized spacial score (nSPS) is 14.8. The lowest BCUT2D eigenvalue weighted by Gasteiger charge is -2.26. The van der Waals surface area contributed by atoms with E-state index in [4.69, 9.17) is 9.47 Å². The highest BCUT2D eigenvalue weighted by Crippen LogP contribution is 2.25. The first kappa shape index (κ1) is 23.4. The van der Waals surface area contributed by atoms with Crippen molar-refractivity contribution in [2.24, 2.45) is 0 Å². The second-order valence-corrected chi connectivity index (χ2v) is 10.5. The highest BCUT2D eigenvalue weighted by molar-refractivity contribution is 7.89. The van der Waals surface area contributed by atoms with Gasteiger partial charge in [0.05, 0.1) is 18.1 Å². The number of esters is 1. The van der Waals surface area contributed by atoms with Crippen molar-refractivity contribution in [2.75, 3.05) is 32.9 Å². The molecule has 174 valence electrons. The van der Waals surface area contributed by atoms with Crippen molar-refractivity contribution in [3.63, 3.8) is 0 Å². The summed E-state index contributed by atoms with van der Waals surface area (Å²) in [5.41, 5.74) is 2.47. The van der Waals surface area contributed by atoms with E-state index in [0.717, 1.165) is 5.69 Å². The molecule has 1 aliphatic rings. The monoisotopic (exact) mass is 488 g/mol. The fraction of sp³-hybridized carbons (Fsp3) is 0.304. The van der Waals surface area contributed by atoms with Gasteiger partial charge < -0.3 is 14.0 Å². The highest BCUT2D eigenvalue weighted by atomic mass is 32.2. The van der Waals surface area contributed by atoms with Gasteiger partial charge in [-0.2, -0.15) is 4.31 Å². The number of morpholine rings is 1. The molecule has 0 spiro atoms. The number of aryl methyl sites for hydroxylation is 1. The van der Waals surface area contributed by atoms with E-state index in [1.165, 1.54) is 15.6 Å². The lowest BCUT2D eigenvalue weighted by atomic mass is 10.1. The summed E-state index contributed by atoms with van der Waals surface area (Å²) in [7, 11) is -3.65. The molecule has 0 radical (unpaired) electrons. The molecule has 3 aromatic rings. The summed E-state index contributed by atoms with van der Waals surface area (Å²) in [5, 5.41) is 1.76. The number of ether oxygens (including phenoxy) is 2. The quantitative estimate of drug-likeness (QED) is 0.374. The van der Waals surface area contributed by atoms with Crippen molar-refractivity contribution < 1.29 is 27.5 Å². The Labute approximate surface area is 196 Å². The summed E-state index contributed by atoms with van der Waals surface area (Å²) >= 11 is 1.25. The number of carbonyl (C=O) groups excluding carboxylic acids is 2. The van der Waals surface area contributed by atoms with Crippen LogP contribution in [0.1, 0.15) is 31.4 Å². The molecule has 10 heteroatoms. The molecule has 0 atom stereocenters. The first-order chi connectivity index (χ1) is 15.8. The molecule has 8 nitrogen and oxygen atoms in total. The Balaban J connectivity index is 1.57. The van der Waals surface area contributed by atoms with Crippen LogP contribution in [-0.2, 0) is 19.5 Å². The number of thiophene rings is 1. The maximum atomic E-state index is 13.1. The Morgan fingerprint density at radius 3 is 2.55 bits per heavy atom. The summed E-state index contributed by atoms with van der Waals surface area (Å²) in [4.78, 5) is 25.4. The van der Waals surface area contributed by atoms with Gasteiger partial charge in [-0.1, -0.05) is 12.1 Å². The van der Waals surface area contributed by atoms with Crippen LogP contribution in [0.4, 0.5) is 0 Å². The molecule has 1 aromatic carbocycles. The van der Waals surface area contributed by atoms with Gasteiger partial charge in [0, 0.05) is 35.7 Å². The number of hydrogen-bond donors (Lipinski definition) is 0. The number of sulfonamides is 1. The summed E-state index contributed by atoms with van der Waals surface area (Å²) in [6.07, 6.45) is 0. The largest absolute Gasteiger partial charge is 0.453 e. The second-order valence-electron chi connectivity index (χ2n) is 7.61. The molecule has 0 aliphatic carbocycles. The number of Topliss-reactive ketones (excluding diaryl/α,β-unsaturated/α-hetero) is 1. The maximum absolute atomic E-state index is 13.1. The van der Waals surface area contributed by atoms with E-state index < -0.39 is 16.0 Å². The number of benzene rings is 1. The third-order valence-electron chi connectivity index (χ3n) is 5.47. The maximum Gasteiger partial charge on any atom is 0.348 e. The Kier molecular flexibility index (Phi) is 6.80. The number of hydrogen-bond acceptors (Lipinski definition) is 7. The molecule has 4 rings (SSSR count). The van der Waals surface area contributed by atoms with Crippen LogP contribution in [0.3, 0.4) is 0 Å². The molecule has 1 fully saturated rings. The minimum Gasteiger partial charge on any atom is -0.453 e. The average molecular weight is 489 g/mol. The average Bonchev–Trinajstić information content (AvgIpc) is 3.46. The van der Waals surface area contributed by atoms with E-state index in [9.17, 15) is 18.0 Å².